The second-order valence-electron chi connectivity index (χ2n) is 7.64. The first kappa shape index (κ1) is 18.8. The van der Waals surface area contributed by atoms with Crippen molar-refractivity contribution in [3.63, 3.8) is 0 Å². The van der Waals surface area contributed by atoms with Gasteiger partial charge in [0, 0.05) is 16.4 Å². The maximum Gasteiger partial charge on any atom is 0.339 e. The van der Waals surface area contributed by atoms with Gasteiger partial charge in [-0.1, -0.05) is 69.3 Å². The molecule has 0 fully saturated rings. The number of rotatable bonds is 4. The smallest absolute Gasteiger partial charge is 0.339 e. The van der Waals surface area contributed by atoms with Gasteiger partial charge in [0.25, 0.3) is 0 Å². The first-order valence-electron chi connectivity index (χ1n) is 8.93. The molecule has 0 aliphatic heterocycles. The van der Waals surface area contributed by atoms with Crippen LogP contribution < -0.4 is 0 Å². The van der Waals surface area contributed by atoms with Crippen LogP contribution in [0.4, 0.5) is 0 Å². The number of Topliss-reactive ketones (excluding diaryl/α,β-unsaturated/α-hetero) is 1. The molecule has 1 aromatic heterocycles. The van der Waals surface area contributed by atoms with E-state index in [2.05, 4.69) is 0 Å². The van der Waals surface area contributed by atoms with Crippen molar-refractivity contribution in [3.8, 4) is 11.3 Å². The Kier molecular flexibility index (Phi) is 5.08. The molecule has 0 spiro atoms. The van der Waals surface area contributed by atoms with Crippen molar-refractivity contribution >= 4 is 22.7 Å². The number of aromatic nitrogens is 1. The van der Waals surface area contributed by atoms with Gasteiger partial charge in [-0.05, 0) is 18.6 Å². The summed E-state index contributed by atoms with van der Waals surface area (Å²) in [6.45, 7) is 7.15. The van der Waals surface area contributed by atoms with E-state index < -0.39 is 11.4 Å². The number of ether oxygens (including phenoxy) is 1. The summed E-state index contributed by atoms with van der Waals surface area (Å²) in [7, 11) is 0. The largest absolute Gasteiger partial charge is 0.454 e. The fraction of sp³-hybridized carbons (Fsp3) is 0.261. The maximum absolute atomic E-state index is 12.8. The van der Waals surface area contributed by atoms with Crippen molar-refractivity contribution in [1.82, 2.24) is 4.98 Å². The summed E-state index contributed by atoms with van der Waals surface area (Å²) < 4.78 is 5.34. The van der Waals surface area contributed by atoms with Crippen LogP contribution in [0.3, 0.4) is 0 Å². The molecular formula is C23H23NO3. The van der Waals surface area contributed by atoms with E-state index in [9.17, 15) is 9.59 Å². The molecule has 0 saturated carbocycles. The molecule has 0 bridgehead atoms. The molecule has 4 nitrogen and oxygen atoms in total. The fourth-order valence-electron chi connectivity index (χ4n) is 2.74. The molecule has 1 heterocycles. The van der Waals surface area contributed by atoms with Gasteiger partial charge in [-0.2, -0.15) is 0 Å². The third-order valence-corrected chi connectivity index (χ3v) is 4.50. The minimum Gasteiger partial charge on any atom is -0.454 e. The normalized spacial score (nSPS) is 11.4. The van der Waals surface area contributed by atoms with E-state index in [-0.39, 0.29) is 12.4 Å². The van der Waals surface area contributed by atoms with Crippen molar-refractivity contribution in [2.75, 3.05) is 6.61 Å². The molecule has 0 unspecified atom stereocenters. The third kappa shape index (κ3) is 4.05. The number of para-hydroxylation sites is 1. The molecule has 0 aliphatic carbocycles. The number of nitrogens with zero attached hydrogens (tertiary/aromatic N) is 1. The number of hydrogen-bond donors (Lipinski definition) is 0. The topological polar surface area (TPSA) is 56.3 Å². The monoisotopic (exact) mass is 361 g/mol. The van der Waals surface area contributed by atoms with Gasteiger partial charge in [-0.15, -0.1) is 0 Å². The molecule has 4 heteroatoms. The standard InChI is InChI=1S/C23H23NO3/c1-15-9-8-12-17-18(22(26)27-14-20(25)23(2,3)4)13-19(24-21(15)17)16-10-6-5-7-11-16/h5-13H,14H2,1-4H3. The van der Waals surface area contributed by atoms with Crippen molar-refractivity contribution in [3.05, 3.63) is 65.7 Å². The van der Waals surface area contributed by atoms with Crippen LogP contribution in [0.1, 0.15) is 36.7 Å². The van der Waals surface area contributed by atoms with Crippen molar-refractivity contribution in [1.29, 1.82) is 0 Å². The number of benzene rings is 2. The molecular weight excluding hydrogens is 338 g/mol. The quantitative estimate of drug-likeness (QED) is 0.615. The van der Waals surface area contributed by atoms with E-state index in [0.29, 0.717) is 11.3 Å². The lowest BCUT2D eigenvalue weighted by Crippen LogP contribution is -2.26. The lowest BCUT2D eigenvalue weighted by atomic mass is 9.91. The molecule has 0 saturated heterocycles. The Morgan fingerprint density at radius 3 is 2.37 bits per heavy atom. The average molecular weight is 361 g/mol. The number of carbonyl (C=O) groups is 2. The van der Waals surface area contributed by atoms with Crippen LogP contribution in [0.2, 0.25) is 0 Å². The molecule has 3 rings (SSSR count). The molecule has 27 heavy (non-hydrogen) atoms. The summed E-state index contributed by atoms with van der Waals surface area (Å²) in [6, 6.07) is 17.1. The number of ketones is 1. The lowest BCUT2D eigenvalue weighted by Gasteiger charge is -2.17. The molecule has 2 aromatic carbocycles. The number of aryl methyl sites for hydroxylation is 1. The maximum atomic E-state index is 12.8. The minimum atomic E-state index is -0.549. The highest BCUT2D eigenvalue weighted by molar-refractivity contribution is 6.06. The first-order chi connectivity index (χ1) is 12.8. The van der Waals surface area contributed by atoms with Crippen LogP contribution in [0, 0.1) is 12.3 Å². The van der Waals surface area contributed by atoms with Gasteiger partial charge in [-0.3, -0.25) is 4.79 Å². The highest BCUT2D eigenvalue weighted by Crippen LogP contribution is 2.27. The molecule has 0 aliphatic rings. The van der Waals surface area contributed by atoms with E-state index in [1.54, 1.807) is 6.07 Å². The van der Waals surface area contributed by atoms with Gasteiger partial charge in [0.2, 0.25) is 0 Å². The van der Waals surface area contributed by atoms with Gasteiger partial charge in [0.15, 0.2) is 12.4 Å². The van der Waals surface area contributed by atoms with Crippen molar-refractivity contribution in [2.24, 2.45) is 5.41 Å². The Hall–Kier alpha value is -3.01. The van der Waals surface area contributed by atoms with Crippen LogP contribution in [-0.2, 0) is 9.53 Å². The van der Waals surface area contributed by atoms with Crippen LogP contribution in [0.25, 0.3) is 22.2 Å². The highest BCUT2D eigenvalue weighted by atomic mass is 16.5. The second-order valence-corrected chi connectivity index (χ2v) is 7.64. The zero-order valence-electron chi connectivity index (χ0n) is 16.1. The summed E-state index contributed by atoms with van der Waals surface area (Å²) in [5, 5.41) is 0.725. The van der Waals surface area contributed by atoms with Gasteiger partial charge in [0.05, 0.1) is 16.8 Å². The summed E-state index contributed by atoms with van der Waals surface area (Å²) >= 11 is 0. The molecule has 0 radical (unpaired) electrons. The second kappa shape index (κ2) is 7.31. The zero-order valence-corrected chi connectivity index (χ0v) is 16.1. The van der Waals surface area contributed by atoms with Crippen LogP contribution >= 0.6 is 0 Å². The predicted molar refractivity (Wildman–Crippen MR) is 107 cm³/mol. The van der Waals surface area contributed by atoms with Crippen LogP contribution in [-0.4, -0.2) is 23.3 Å². The lowest BCUT2D eigenvalue weighted by molar-refractivity contribution is -0.129. The minimum absolute atomic E-state index is 0.117. The molecule has 3 aromatic rings. The summed E-state index contributed by atoms with van der Waals surface area (Å²) in [5.41, 5.74) is 3.23. The third-order valence-electron chi connectivity index (χ3n) is 4.50. The first-order valence-corrected chi connectivity index (χ1v) is 8.93. The number of carbonyl (C=O) groups excluding carboxylic acids is 2. The Morgan fingerprint density at radius 2 is 1.70 bits per heavy atom. The fourth-order valence-corrected chi connectivity index (χ4v) is 2.74. The van der Waals surface area contributed by atoms with Gasteiger partial charge < -0.3 is 4.74 Å². The Labute approximate surface area is 159 Å². The highest BCUT2D eigenvalue weighted by Gasteiger charge is 2.24. The Bertz CT molecular complexity index is 1000. The van der Waals surface area contributed by atoms with E-state index in [4.69, 9.17) is 9.72 Å². The van der Waals surface area contributed by atoms with Gasteiger partial charge in [0.1, 0.15) is 0 Å². The molecule has 138 valence electrons. The summed E-state index contributed by atoms with van der Waals surface area (Å²) in [4.78, 5) is 29.6. The predicted octanol–water partition coefficient (Wildman–Crippen LogP) is 4.98. The number of fused-ring (bicyclic) bond motifs is 1. The Morgan fingerprint density at radius 1 is 1.00 bits per heavy atom. The number of pyridine rings is 1. The zero-order chi connectivity index (χ0) is 19.6. The number of hydrogen-bond acceptors (Lipinski definition) is 4. The molecule has 0 N–H and O–H groups in total. The van der Waals surface area contributed by atoms with E-state index in [0.717, 1.165) is 22.0 Å². The summed E-state index contributed by atoms with van der Waals surface area (Å²) in [5.74, 6) is -0.628. The van der Waals surface area contributed by atoms with Gasteiger partial charge >= 0.3 is 5.97 Å². The van der Waals surface area contributed by atoms with E-state index in [1.165, 1.54) is 0 Å². The number of esters is 1. The molecule has 0 atom stereocenters. The Balaban J connectivity index is 2.04. The van der Waals surface area contributed by atoms with Crippen molar-refractivity contribution in [2.45, 2.75) is 27.7 Å². The van der Waals surface area contributed by atoms with E-state index >= 15 is 0 Å². The van der Waals surface area contributed by atoms with Crippen molar-refractivity contribution < 1.29 is 14.3 Å². The SMILES string of the molecule is Cc1cccc2c(C(=O)OCC(=O)C(C)(C)C)cc(-c3ccccc3)nc12. The van der Waals surface area contributed by atoms with Gasteiger partial charge in [-0.25, -0.2) is 9.78 Å². The average Bonchev–Trinajstić information content (AvgIpc) is 2.65. The van der Waals surface area contributed by atoms with Crippen LogP contribution in [0.5, 0.6) is 0 Å². The summed E-state index contributed by atoms with van der Waals surface area (Å²) in [6.07, 6.45) is 0. The van der Waals surface area contributed by atoms with E-state index in [1.807, 2.05) is 76.2 Å². The molecule has 0 amide bonds. The van der Waals surface area contributed by atoms with Crippen LogP contribution in [0.15, 0.2) is 54.6 Å².